The van der Waals surface area contributed by atoms with Crippen LogP contribution in [0.15, 0.2) is 18.2 Å². The molecule has 1 N–H and O–H groups in total. The Morgan fingerprint density at radius 3 is 2.40 bits per heavy atom. The van der Waals surface area contributed by atoms with Crippen molar-refractivity contribution in [3.05, 3.63) is 29.3 Å². The van der Waals surface area contributed by atoms with Gasteiger partial charge in [0.05, 0.1) is 22.6 Å². The maximum absolute atomic E-state index is 12.5. The molecule has 1 aromatic carbocycles. The number of benzene rings is 1. The van der Waals surface area contributed by atoms with E-state index in [9.17, 15) is 21.6 Å². The summed E-state index contributed by atoms with van der Waals surface area (Å²) in [5.74, 6) is -0.328. The molecule has 0 spiro atoms. The summed E-state index contributed by atoms with van der Waals surface area (Å²) in [7, 11) is -3.70. The number of rotatable bonds is 4. The molecule has 0 saturated carbocycles. The van der Waals surface area contributed by atoms with Crippen LogP contribution in [0, 0.1) is 17.2 Å². The summed E-state index contributed by atoms with van der Waals surface area (Å²) in [5.41, 5.74) is -1.52. The Kier molecular flexibility index (Phi) is 4.65. The highest BCUT2D eigenvalue weighted by Gasteiger charge is 2.31. The maximum Gasteiger partial charge on any atom is 0.416 e. The fourth-order valence-corrected chi connectivity index (χ4v) is 3.02. The third kappa shape index (κ3) is 4.42. The van der Waals surface area contributed by atoms with Crippen molar-refractivity contribution >= 4 is 15.7 Å². The number of hydrogen-bond donors (Lipinski definition) is 1. The average molecular weight is 306 g/mol. The van der Waals surface area contributed by atoms with E-state index in [-0.39, 0.29) is 22.9 Å². The van der Waals surface area contributed by atoms with E-state index in [1.54, 1.807) is 19.9 Å². The van der Waals surface area contributed by atoms with E-state index in [1.807, 2.05) is 0 Å². The fraction of sp³-hybridized carbons (Fsp3) is 0.417. The summed E-state index contributed by atoms with van der Waals surface area (Å²) in [6.07, 6.45) is -4.58. The van der Waals surface area contributed by atoms with E-state index in [2.05, 4.69) is 4.72 Å². The topological polar surface area (TPSA) is 70.0 Å². The zero-order chi connectivity index (χ0) is 15.6. The van der Waals surface area contributed by atoms with Crippen molar-refractivity contribution < 1.29 is 21.6 Å². The lowest BCUT2D eigenvalue weighted by molar-refractivity contribution is -0.137. The normalized spacial score (nSPS) is 12.2. The van der Waals surface area contributed by atoms with Gasteiger partial charge < -0.3 is 0 Å². The Balaban J connectivity index is 3.13. The van der Waals surface area contributed by atoms with Crippen LogP contribution in [-0.2, 0) is 16.2 Å². The second-order valence-corrected chi connectivity index (χ2v) is 6.41. The van der Waals surface area contributed by atoms with Gasteiger partial charge in [0.1, 0.15) is 6.07 Å². The molecule has 0 aliphatic rings. The predicted octanol–water partition coefficient (Wildman–Crippen LogP) is 2.97. The quantitative estimate of drug-likeness (QED) is 0.929. The fourth-order valence-electron chi connectivity index (χ4n) is 1.55. The monoisotopic (exact) mass is 306 g/mol. The minimum Gasteiger partial charge on any atom is -0.282 e. The summed E-state index contributed by atoms with van der Waals surface area (Å²) in [4.78, 5) is 0. The average Bonchev–Trinajstić information content (AvgIpc) is 2.25. The highest BCUT2D eigenvalue weighted by atomic mass is 32.2. The SMILES string of the molecule is CC(C)CS(=O)(=O)Nc1ccc(C(F)(F)F)cc1C#N. The van der Waals surface area contributed by atoms with Crippen LogP contribution >= 0.6 is 0 Å². The number of hydrogen-bond acceptors (Lipinski definition) is 3. The van der Waals surface area contributed by atoms with Crippen molar-refractivity contribution in [3.8, 4) is 6.07 Å². The van der Waals surface area contributed by atoms with Gasteiger partial charge in [-0.3, -0.25) is 4.72 Å². The molecule has 20 heavy (non-hydrogen) atoms. The van der Waals surface area contributed by atoms with Crippen LogP contribution in [0.5, 0.6) is 0 Å². The van der Waals surface area contributed by atoms with Crippen molar-refractivity contribution in [1.82, 2.24) is 0 Å². The molecule has 0 aliphatic heterocycles. The molecule has 1 rings (SSSR count). The first-order valence-corrected chi connectivity index (χ1v) is 7.32. The molecule has 110 valence electrons. The number of nitrogens with one attached hydrogen (secondary N) is 1. The van der Waals surface area contributed by atoms with Gasteiger partial charge in [0.25, 0.3) is 0 Å². The molecule has 0 fully saturated rings. The zero-order valence-corrected chi connectivity index (χ0v) is 11.6. The molecular weight excluding hydrogens is 293 g/mol. The zero-order valence-electron chi connectivity index (χ0n) is 10.8. The van der Waals surface area contributed by atoms with Gasteiger partial charge in [-0.25, -0.2) is 8.42 Å². The Bertz CT molecular complexity index is 631. The number of halogens is 3. The van der Waals surface area contributed by atoms with Crippen LogP contribution in [0.2, 0.25) is 0 Å². The molecular formula is C12H13F3N2O2S. The molecule has 0 heterocycles. The van der Waals surface area contributed by atoms with Gasteiger partial charge in [0.2, 0.25) is 10.0 Å². The van der Waals surface area contributed by atoms with Gasteiger partial charge in [0, 0.05) is 0 Å². The van der Waals surface area contributed by atoms with E-state index in [0.29, 0.717) is 6.07 Å². The molecule has 0 radical (unpaired) electrons. The lowest BCUT2D eigenvalue weighted by atomic mass is 10.1. The molecule has 1 aromatic rings. The largest absolute Gasteiger partial charge is 0.416 e. The van der Waals surface area contributed by atoms with Crippen molar-refractivity contribution in [2.45, 2.75) is 20.0 Å². The molecule has 0 unspecified atom stereocenters. The van der Waals surface area contributed by atoms with Crippen molar-refractivity contribution in [1.29, 1.82) is 5.26 Å². The van der Waals surface area contributed by atoms with Crippen molar-refractivity contribution in [2.75, 3.05) is 10.5 Å². The summed E-state index contributed by atoms with van der Waals surface area (Å²) >= 11 is 0. The molecule has 0 saturated heterocycles. The van der Waals surface area contributed by atoms with Crippen LogP contribution in [0.25, 0.3) is 0 Å². The van der Waals surface area contributed by atoms with Crippen molar-refractivity contribution in [2.24, 2.45) is 5.92 Å². The summed E-state index contributed by atoms with van der Waals surface area (Å²) in [5, 5.41) is 8.84. The van der Waals surface area contributed by atoms with Gasteiger partial charge in [-0.1, -0.05) is 13.8 Å². The third-order valence-corrected chi connectivity index (χ3v) is 3.92. The smallest absolute Gasteiger partial charge is 0.282 e. The second kappa shape index (κ2) is 5.71. The minimum atomic E-state index is -4.58. The van der Waals surface area contributed by atoms with Gasteiger partial charge in [-0.2, -0.15) is 18.4 Å². The van der Waals surface area contributed by atoms with Crippen LogP contribution < -0.4 is 4.72 Å². The van der Waals surface area contributed by atoms with Crippen molar-refractivity contribution in [3.63, 3.8) is 0 Å². The first kappa shape index (κ1) is 16.3. The highest BCUT2D eigenvalue weighted by Crippen LogP contribution is 2.31. The molecule has 8 heteroatoms. The van der Waals surface area contributed by atoms with Gasteiger partial charge >= 0.3 is 6.18 Å². The molecule has 0 atom stereocenters. The second-order valence-electron chi connectivity index (χ2n) is 4.65. The molecule has 4 nitrogen and oxygen atoms in total. The number of anilines is 1. The van der Waals surface area contributed by atoms with Gasteiger partial charge in [0.15, 0.2) is 0 Å². The number of nitriles is 1. The van der Waals surface area contributed by atoms with Crippen LogP contribution in [0.1, 0.15) is 25.0 Å². The standard InChI is InChI=1S/C12H13F3N2O2S/c1-8(2)7-20(18,19)17-11-4-3-10(12(13,14)15)5-9(11)6-16/h3-5,8,17H,7H2,1-2H3. The molecule has 0 amide bonds. The number of nitrogens with zero attached hydrogens (tertiary/aromatic N) is 1. The number of sulfonamides is 1. The van der Waals surface area contributed by atoms with E-state index in [1.165, 1.54) is 0 Å². The van der Waals surface area contributed by atoms with Crippen LogP contribution in [0.4, 0.5) is 18.9 Å². The predicted molar refractivity (Wildman–Crippen MR) is 68.4 cm³/mol. The van der Waals surface area contributed by atoms with E-state index < -0.39 is 21.8 Å². The maximum atomic E-state index is 12.5. The van der Waals surface area contributed by atoms with Crippen LogP contribution in [0.3, 0.4) is 0 Å². The highest BCUT2D eigenvalue weighted by molar-refractivity contribution is 7.92. The summed E-state index contributed by atoms with van der Waals surface area (Å²) in [6, 6.07) is 3.85. The summed E-state index contributed by atoms with van der Waals surface area (Å²) < 4.78 is 63.1. The molecule has 0 aromatic heterocycles. The summed E-state index contributed by atoms with van der Waals surface area (Å²) in [6.45, 7) is 3.38. The lowest BCUT2D eigenvalue weighted by Crippen LogP contribution is -2.20. The van der Waals surface area contributed by atoms with E-state index in [4.69, 9.17) is 5.26 Å². The van der Waals surface area contributed by atoms with Gasteiger partial charge in [-0.05, 0) is 24.1 Å². The molecule has 0 bridgehead atoms. The Labute approximate surface area is 115 Å². The first-order valence-electron chi connectivity index (χ1n) is 5.67. The van der Waals surface area contributed by atoms with Crippen LogP contribution in [-0.4, -0.2) is 14.2 Å². The Hall–Kier alpha value is -1.75. The van der Waals surface area contributed by atoms with Gasteiger partial charge in [-0.15, -0.1) is 0 Å². The molecule has 0 aliphatic carbocycles. The minimum absolute atomic E-state index is 0.146. The first-order chi connectivity index (χ1) is 9.05. The number of alkyl halides is 3. The lowest BCUT2D eigenvalue weighted by Gasteiger charge is -2.13. The van der Waals surface area contributed by atoms with E-state index in [0.717, 1.165) is 12.1 Å². The third-order valence-electron chi connectivity index (χ3n) is 2.29. The Morgan fingerprint density at radius 2 is 1.95 bits per heavy atom. The Morgan fingerprint density at radius 1 is 1.35 bits per heavy atom. The van der Waals surface area contributed by atoms with E-state index >= 15 is 0 Å².